The minimum absolute atomic E-state index is 0.0442. The molecular formula is C21H21N3O2S. The third-order valence-corrected chi connectivity index (χ3v) is 5.90. The summed E-state index contributed by atoms with van der Waals surface area (Å²) >= 11 is 1.29. The van der Waals surface area contributed by atoms with Crippen molar-refractivity contribution in [2.24, 2.45) is 0 Å². The van der Waals surface area contributed by atoms with Crippen molar-refractivity contribution in [3.63, 3.8) is 0 Å². The van der Waals surface area contributed by atoms with Gasteiger partial charge in [-0.2, -0.15) is 5.26 Å². The standard InChI is InChI=1S/C21H21N3O2S/c1-14-18(15(2)25)12-17(13-22)20(23-14)27-19(16-8-4-3-5-9-16)21(26)24-10-6-7-11-24/h3-5,8-9,12,19H,6-7,10-11H2,1-2H3/t19-/m0/s1. The van der Waals surface area contributed by atoms with Crippen molar-refractivity contribution in [3.05, 3.63) is 58.8 Å². The first-order chi connectivity index (χ1) is 13.0. The monoisotopic (exact) mass is 379 g/mol. The predicted molar refractivity (Wildman–Crippen MR) is 105 cm³/mol. The first kappa shape index (κ1) is 19.1. The number of rotatable bonds is 5. The molecule has 1 fully saturated rings. The Hall–Kier alpha value is -2.65. The lowest BCUT2D eigenvalue weighted by Crippen LogP contribution is -2.31. The Morgan fingerprint density at radius 2 is 1.89 bits per heavy atom. The third-order valence-electron chi connectivity index (χ3n) is 4.65. The van der Waals surface area contributed by atoms with Crippen LogP contribution in [0.15, 0.2) is 41.4 Å². The Balaban J connectivity index is 1.99. The summed E-state index contributed by atoms with van der Waals surface area (Å²) in [5.41, 5.74) is 2.23. The molecule has 5 nitrogen and oxygen atoms in total. The zero-order valence-electron chi connectivity index (χ0n) is 15.4. The molecule has 1 aliphatic rings. The molecular weight excluding hydrogens is 358 g/mol. The second kappa shape index (κ2) is 8.36. The van der Waals surface area contributed by atoms with E-state index in [0.29, 0.717) is 21.8 Å². The van der Waals surface area contributed by atoms with Gasteiger partial charge in [0.2, 0.25) is 5.91 Å². The maximum atomic E-state index is 13.2. The fourth-order valence-corrected chi connectivity index (χ4v) is 4.40. The molecule has 0 radical (unpaired) electrons. The zero-order valence-corrected chi connectivity index (χ0v) is 16.3. The average Bonchev–Trinajstić information content (AvgIpc) is 3.21. The lowest BCUT2D eigenvalue weighted by molar-refractivity contribution is -0.129. The number of amides is 1. The second-order valence-electron chi connectivity index (χ2n) is 6.58. The summed E-state index contributed by atoms with van der Waals surface area (Å²) in [5, 5.41) is 9.56. The number of carbonyl (C=O) groups excluding carboxylic acids is 2. The Bertz CT molecular complexity index is 900. The molecule has 1 atom stereocenters. The number of nitriles is 1. The van der Waals surface area contributed by atoms with Crippen LogP contribution in [0.1, 0.15) is 52.2 Å². The number of pyridine rings is 1. The van der Waals surface area contributed by atoms with E-state index < -0.39 is 5.25 Å². The average molecular weight is 379 g/mol. The van der Waals surface area contributed by atoms with Crippen LogP contribution in [0.4, 0.5) is 0 Å². The van der Waals surface area contributed by atoms with Gasteiger partial charge in [0.05, 0.1) is 5.56 Å². The van der Waals surface area contributed by atoms with Gasteiger partial charge in [-0.3, -0.25) is 9.59 Å². The van der Waals surface area contributed by atoms with Crippen LogP contribution >= 0.6 is 11.8 Å². The van der Waals surface area contributed by atoms with Gasteiger partial charge in [-0.05, 0) is 38.3 Å². The van der Waals surface area contributed by atoms with Crippen molar-refractivity contribution in [1.29, 1.82) is 5.26 Å². The highest BCUT2D eigenvalue weighted by Crippen LogP contribution is 2.38. The van der Waals surface area contributed by atoms with Gasteiger partial charge < -0.3 is 4.90 Å². The maximum absolute atomic E-state index is 13.2. The van der Waals surface area contributed by atoms with E-state index in [9.17, 15) is 14.9 Å². The molecule has 138 valence electrons. The zero-order chi connectivity index (χ0) is 19.4. The van der Waals surface area contributed by atoms with Gasteiger partial charge in [-0.15, -0.1) is 0 Å². The van der Waals surface area contributed by atoms with Crippen LogP contribution in [0.5, 0.6) is 0 Å². The summed E-state index contributed by atoms with van der Waals surface area (Å²) in [7, 11) is 0. The molecule has 0 aliphatic carbocycles. The van der Waals surface area contributed by atoms with Crippen LogP contribution in [-0.4, -0.2) is 34.7 Å². The Labute approximate surface area is 163 Å². The van der Waals surface area contributed by atoms with E-state index in [1.165, 1.54) is 18.7 Å². The minimum atomic E-state index is -0.466. The largest absolute Gasteiger partial charge is 0.341 e. The quantitative estimate of drug-likeness (QED) is 0.581. The van der Waals surface area contributed by atoms with E-state index in [0.717, 1.165) is 31.5 Å². The van der Waals surface area contributed by atoms with Gasteiger partial charge in [0.15, 0.2) is 5.78 Å². The van der Waals surface area contributed by atoms with Crippen LogP contribution < -0.4 is 0 Å². The van der Waals surface area contributed by atoms with Crippen molar-refractivity contribution in [2.75, 3.05) is 13.1 Å². The normalized spacial score (nSPS) is 14.6. The lowest BCUT2D eigenvalue weighted by Gasteiger charge is -2.23. The van der Waals surface area contributed by atoms with Crippen molar-refractivity contribution in [2.45, 2.75) is 37.0 Å². The summed E-state index contributed by atoms with van der Waals surface area (Å²) in [6, 6.07) is 13.3. The summed E-state index contributed by atoms with van der Waals surface area (Å²) in [6.45, 7) is 4.75. The molecule has 0 N–H and O–H groups in total. The molecule has 2 heterocycles. The van der Waals surface area contributed by atoms with Crippen molar-refractivity contribution >= 4 is 23.5 Å². The number of benzene rings is 1. The molecule has 0 spiro atoms. The van der Waals surface area contributed by atoms with E-state index in [4.69, 9.17) is 0 Å². The lowest BCUT2D eigenvalue weighted by atomic mass is 10.1. The van der Waals surface area contributed by atoms with Crippen LogP contribution in [0.3, 0.4) is 0 Å². The van der Waals surface area contributed by atoms with Gasteiger partial charge in [-0.1, -0.05) is 42.1 Å². The molecule has 0 bridgehead atoms. The van der Waals surface area contributed by atoms with Gasteiger partial charge in [0, 0.05) is 24.3 Å². The summed E-state index contributed by atoms with van der Waals surface area (Å²) in [4.78, 5) is 31.3. The molecule has 6 heteroatoms. The molecule has 2 aromatic rings. The van der Waals surface area contributed by atoms with Crippen LogP contribution in [0.2, 0.25) is 0 Å². The van der Waals surface area contributed by atoms with Crippen LogP contribution in [0.25, 0.3) is 0 Å². The summed E-state index contributed by atoms with van der Waals surface area (Å²) in [6.07, 6.45) is 2.04. The van der Waals surface area contributed by atoms with Crippen molar-refractivity contribution < 1.29 is 9.59 Å². The smallest absolute Gasteiger partial charge is 0.240 e. The fraction of sp³-hybridized carbons (Fsp3) is 0.333. The maximum Gasteiger partial charge on any atom is 0.240 e. The number of likely N-dealkylation sites (tertiary alicyclic amines) is 1. The van der Waals surface area contributed by atoms with Crippen molar-refractivity contribution in [1.82, 2.24) is 9.88 Å². The van der Waals surface area contributed by atoms with E-state index in [-0.39, 0.29) is 11.7 Å². The van der Waals surface area contributed by atoms with Crippen molar-refractivity contribution in [3.8, 4) is 6.07 Å². The number of nitrogens with zero attached hydrogens (tertiary/aromatic N) is 3. The molecule has 1 amide bonds. The molecule has 1 aromatic carbocycles. The Morgan fingerprint density at radius 3 is 2.48 bits per heavy atom. The predicted octanol–water partition coefficient (Wildman–Crippen LogP) is 3.92. The number of aryl methyl sites for hydroxylation is 1. The minimum Gasteiger partial charge on any atom is -0.341 e. The second-order valence-corrected chi connectivity index (χ2v) is 7.68. The molecule has 1 aliphatic heterocycles. The third kappa shape index (κ3) is 4.20. The van der Waals surface area contributed by atoms with Crippen LogP contribution in [-0.2, 0) is 4.79 Å². The summed E-state index contributed by atoms with van der Waals surface area (Å²) in [5.74, 6) is -0.0801. The number of ketones is 1. The highest BCUT2D eigenvalue weighted by molar-refractivity contribution is 8.00. The number of hydrogen-bond acceptors (Lipinski definition) is 5. The first-order valence-corrected chi connectivity index (χ1v) is 9.82. The Kier molecular flexibility index (Phi) is 5.92. The SMILES string of the molecule is CC(=O)c1cc(C#N)c(S[C@H](C(=O)N2CCCC2)c2ccccc2)nc1C. The number of Topliss-reactive ketones (excluding diaryl/α,β-unsaturated/α-hetero) is 1. The molecule has 27 heavy (non-hydrogen) atoms. The topological polar surface area (TPSA) is 74.1 Å². The van der Waals surface area contributed by atoms with E-state index in [2.05, 4.69) is 11.1 Å². The Morgan fingerprint density at radius 1 is 1.22 bits per heavy atom. The summed E-state index contributed by atoms with van der Waals surface area (Å²) < 4.78 is 0. The van der Waals surface area contributed by atoms with E-state index in [1.807, 2.05) is 35.2 Å². The van der Waals surface area contributed by atoms with E-state index >= 15 is 0 Å². The fourth-order valence-electron chi connectivity index (χ4n) is 3.21. The van der Waals surface area contributed by atoms with E-state index in [1.54, 1.807) is 13.0 Å². The first-order valence-electron chi connectivity index (χ1n) is 8.94. The number of hydrogen-bond donors (Lipinski definition) is 0. The molecule has 1 aromatic heterocycles. The van der Waals surface area contributed by atoms with Gasteiger partial charge >= 0.3 is 0 Å². The highest BCUT2D eigenvalue weighted by Gasteiger charge is 2.30. The van der Waals surface area contributed by atoms with Gasteiger partial charge in [-0.25, -0.2) is 4.98 Å². The van der Waals surface area contributed by atoms with Crippen LogP contribution in [0, 0.1) is 18.3 Å². The number of aromatic nitrogens is 1. The number of thioether (sulfide) groups is 1. The number of carbonyl (C=O) groups is 2. The molecule has 1 saturated heterocycles. The molecule has 3 rings (SSSR count). The highest BCUT2D eigenvalue weighted by atomic mass is 32.2. The molecule has 0 saturated carbocycles. The van der Waals surface area contributed by atoms with Gasteiger partial charge in [0.1, 0.15) is 16.3 Å². The molecule has 0 unspecified atom stereocenters. The van der Waals surface area contributed by atoms with Gasteiger partial charge in [0.25, 0.3) is 0 Å².